The Morgan fingerprint density at radius 3 is 2.76 bits per heavy atom. The number of nitrogens with zero attached hydrogens (tertiary/aromatic N) is 2. The summed E-state index contributed by atoms with van der Waals surface area (Å²) in [6.07, 6.45) is 8.75. The number of carbonyl (C=O) groups excluding carboxylic acids is 1. The van der Waals surface area contributed by atoms with Gasteiger partial charge in [-0.15, -0.1) is 0 Å². The summed E-state index contributed by atoms with van der Waals surface area (Å²) < 4.78 is 7.75. The van der Waals surface area contributed by atoms with Crippen LogP contribution >= 0.6 is 15.9 Å². The zero-order chi connectivity index (χ0) is 12.3. The number of hydrogen-bond acceptors (Lipinski definition) is 3. The van der Waals surface area contributed by atoms with Crippen LogP contribution in [0.2, 0.25) is 0 Å². The molecule has 0 amide bonds. The van der Waals surface area contributed by atoms with Crippen LogP contribution in [0.4, 0.5) is 0 Å². The van der Waals surface area contributed by atoms with Crippen LogP contribution in [0.3, 0.4) is 0 Å². The Hall–Kier alpha value is -0.840. The Balaban J connectivity index is 1.84. The first-order valence-electron chi connectivity index (χ1n) is 5.95. The summed E-state index contributed by atoms with van der Waals surface area (Å²) >= 11 is 3.41. The fraction of sp³-hybridized carbons (Fsp3) is 0.667. The number of rotatable bonds is 3. The summed E-state index contributed by atoms with van der Waals surface area (Å²) in [5, 5.41) is 4.32. The molecule has 1 aromatic heterocycles. The van der Waals surface area contributed by atoms with Gasteiger partial charge >= 0.3 is 5.97 Å². The fourth-order valence-electron chi connectivity index (χ4n) is 2.45. The molecule has 1 aliphatic rings. The summed E-state index contributed by atoms with van der Waals surface area (Å²) in [7, 11) is 1.45. The van der Waals surface area contributed by atoms with Gasteiger partial charge in [-0.1, -0.05) is 0 Å². The van der Waals surface area contributed by atoms with Crippen molar-refractivity contribution in [3.05, 3.63) is 16.9 Å². The molecule has 4 nitrogen and oxygen atoms in total. The molecule has 0 radical (unpaired) electrons. The largest absolute Gasteiger partial charge is 0.469 e. The number of aromatic nitrogens is 2. The van der Waals surface area contributed by atoms with Crippen LogP contribution in [0.15, 0.2) is 16.9 Å². The van der Waals surface area contributed by atoms with Crippen molar-refractivity contribution in [2.45, 2.75) is 38.1 Å². The predicted molar refractivity (Wildman–Crippen MR) is 67.6 cm³/mol. The molecule has 0 atom stereocenters. The quantitative estimate of drug-likeness (QED) is 0.806. The van der Waals surface area contributed by atoms with E-state index < -0.39 is 0 Å². The van der Waals surface area contributed by atoms with E-state index in [2.05, 4.69) is 21.0 Å². The highest BCUT2D eigenvalue weighted by Crippen LogP contribution is 2.33. The third-order valence-electron chi connectivity index (χ3n) is 3.44. The number of carbonyl (C=O) groups is 1. The van der Waals surface area contributed by atoms with E-state index in [4.69, 9.17) is 4.74 Å². The first-order valence-corrected chi connectivity index (χ1v) is 6.75. The van der Waals surface area contributed by atoms with E-state index in [1.54, 1.807) is 0 Å². The van der Waals surface area contributed by atoms with Gasteiger partial charge in [-0.05, 0) is 47.5 Å². The molecule has 0 N–H and O–H groups in total. The molecule has 2 rings (SSSR count). The van der Waals surface area contributed by atoms with Crippen molar-refractivity contribution >= 4 is 21.9 Å². The highest BCUT2D eigenvalue weighted by Gasteiger charge is 2.24. The molecule has 0 spiro atoms. The van der Waals surface area contributed by atoms with Gasteiger partial charge in [0.05, 0.1) is 23.8 Å². The van der Waals surface area contributed by atoms with E-state index in [-0.39, 0.29) is 5.97 Å². The van der Waals surface area contributed by atoms with Gasteiger partial charge in [-0.3, -0.25) is 9.48 Å². The fourth-order valence-corrected chi connectivity index (χ4v) is 2.75. The molecule has 1 aliphatic carbocycles. The lowest BCUT2D eigenvalue weighted by atomic mass is 9.84. The standard InChI is InChI=1S/C12H17BrN2O2/c1-17-12(16)6-9-2-4-11(5-3-9)15-8-10(13)7-14-15/h7-9,11H,2-6H2,1H3/t9-,11-. The molecule has 17 heavy (non-hydrogen) atoms. The van der Waals surface area contributed by atoms with E-state index in [0.717, 1.165) is 30.2 Å². The SMILES string of the molecule is COC(=O)C[C@H]1CC[C@H](n2cc(Br)cn2)CC1. The first kappa shape index (κ1) is 12.6. The third-order valence-corrected chi connectivity index (χ3v) is 3.85. The second kappa shape index (κ2) is 5.67. The van der Waals surface area contributed by atoms with Crippen molar-refractivity contribution in [2.75, 3.05) is 7.11 Å². The lowest BCUT2D eigenvalue weighted by molar-refractivity contribution is -0.142. The summed E-state index contributed by atoms with van der Waals surface area (Å²) in [6.45, 7) is 0. The van der Waals surface area contributed by atoms with E-state index in [0.29, 0.717) is 18.4 Å². The van der Waals surface area contributed by atoms with Crippen LogP contribution in [-0.2, 0) is 9.53 Å². The van der Waals surface area contributed by atoms with Gasteiger partial charge in [-0.2, -0.15) is 5.10 Å². The summed E-state index contributed by atoms with van der Waals surface area (Å²) in [6, 6.07) is 0.482. The molecule has 1 aromatic rings. The van der Waals surface area contributed by atoms with Crippen molar-refractivity contribution in [3.8, 4) is 0 Å². The van der Waals surface area contributed by atoms with Crippen LogP contribution in [0.25, 0.3) is 0 Å². The molecule has 0 saturated heterocycles. The maximum absolute atomic E-state index is 11.2. The Morgan fingerprint density at radius 2 is 2.24 bits per heavy atom. The van der Waals surface area contributed by atoms with Crippen LogP contribution in [0.1, 0.15) is 38.1 Å². The van der Waals surface area contributed by atoms with E-state index in [1.165, 1.54) is 7.11 Å². The number of methoxy groups -OCH3 is 1. The number of esters is 1. The highest BCUT2D eigenvalue weighted by atomic mass is 79.9. The minimum absolute atomic E-state index is 0.0877. The van der Waals surface area contributed by atoms with Crippen LogP contribution in [0.5, 0.6) is 0 Å². The topological polar surface area (TPSA) is 44.1 Å². The van der Waals surface area contributed by atoms with Crippen molar-refractivity contribution < 1.29 is 9.53 Å². The average Bonchev–Trinajstić information content (AvgIpc) is 2.77. The lowest BCUT2D eigenvalue weighted by Gasteiger charge is -2.27. The molecule has 0 unspecified atom stereocenters. The zero-order valence-electron chi connectivity index (χ0n) is 9.93. The van der Waals surface area contributed by atoms with Crippen molar-refractivity contribution in [3.63, 3.8) is 0 Å². The monoisotopic (exact) mass is 300 g/mol. The van der Waals surface area contributed by atoms with Gasteiger partial charge in [0, 0.05) is 12.6 Å². The van der Waals surface area contributed by atoms with E-state index in [1.807, 2.05) is 17.1 Å². The minimum atomic E-state index is -0.0877. The maximum Gasteiger partial charge on any atom is 0.305 e. The van der Waals surface area contributed by atoms with Crippen molar-refractivity contribution in [2.24, 2.45) is 5.92 Å². The molecule has 1 heterocycles. The molecule has 1 saturated carbocycles. The zero-order valence-corrected chi connectivity index (χ0v) is 11.5. The van der Waals surface area contributed by atoms with Gasteiger partial charge in [0.15, 0.2) is 0 Å². The van der Waals surface area contributed by atoms with Crippen LogP contribution < -0.4 is 0 Å². The van der Waals surface area contributed by atoms with Gasteiger partial charge in [0.25, 0.3) is 0 Å². The Bertz CT molecular complexity index is 384. The molecule has 0 aliphatic heterocycles. The second-order valence-electron chi connectivity index (χ2n) is 4.59. The first-order chi connectivity index (χ1) is 8.19. The third kappa shape index (κ3) is 3.31. The normalized spacial score (nSPS) is 24.6. The lowest BCUT2D eigenvalue weighted by Crippen LogP contribution is -2.20. The van der Waals surface area contributed by atoms with E-state index in [9.17, 15) is 4.79 Å². The van der Waals surface area contributed by atoms with Crippen molar-refractivity contribution in [1.82, 2.24) is 9.78 Å². The minimum Gasteiger partial charge on any atom is -0.469 e. The van der Waals surface area contributed by atoms with Crippen molar-refractivity contribution in [1.29, 1.82) is 0 Å². The predicted octanol–water partition coefficient (Wildman–Crippen LogP) is 2.94. The highest BCUT2D eigenvalue weighted by molar-refractivity contribution is 9.10. The van der Waals surface area contributed by atoms with Gasteiger partial charge in [0.1, 0.15) is 0 Å². The maximum atomic E-state index is 11.2. The average molecular weight is 301 g/mol. The molecule has 94 valence electrons. The van der Waals surface area contributed by atoms with Gasteiger partial charge in [0.2, 0.25) is 0 Å². The Kier molecular flexibility index (Phi) is 4.20. The Labute approximate surface area is 109 Å². The molecule has 5 heteroatoms. The molecular formula is C12H17BrN2O2. The molecule has 1 fully saturated rings. The van der Waals surface area contributed by atoms with Gasteiger partial charge < -0.3 is 4.74 Å². The van der Waals surface area contributed by atoms with Crippen LogP contribution in [-0.4, -0.2) is 22.9 Å². The molecule has 0 aromatic carbocycles. The Morgan fingerprint density at radius 1 is 1.53 bits per heavy atom. The van der Waals surface area contributed by atoms with Crippen LogP contribution in [0, 0.1) is 5.92 Å². The second-order valence-corrected chi connectivity index (χ2v) is 5.51. The summed E-state index contributed by atoms with van der Waals surface area (Å²) in [5.74, 6) is 0.396. The number of halogens is 1. The molecular weight excluding hydrogens is 284 g/mol. The number of ether oxygens (including phenoxy) is 1. The summed E-state index contributed by atoms with van der Waals surface area (Å²) in [5.41, 5.74) is 0. The summed E-state index contributed by atoms with van der Waals surface area (Å²) in [4.78, 5) is 11.2. The molecule has 0 bridgehead atoms. The van der Waals surface area contributed by atoms with E-state index >= 15 is 0 Å². The smallest absolute Gasteiger partial charge is 0.305 e. The number of hydrogen-bond donors (Lipinski definition) is 0. The van der Waals surface area contributed by atoms with Gasteiger partial charge in [-0.25, -0.2) is 0 Å².